The van der Waals surface area contributed by atoms with Gasteiger partial charge in [0.15, 0.2) is 0 Å². The lowest BCUT2D eigenvalue weighted by molar-refractivity contribution is 0.252. The Labute approximate surface area is 258 Å². The molecule has 234 valence electrons. The topological polar surface area (TPSA) is 53.2 Å². The summed E-state index contributed by atoms with van der Waals surface area (Å²) in [4.78, 5) is 12.3. The molecule has 2 aromatic rings. The van der Waals surface area contributed by atoms with Crippen molar-refractivity contribution in [3.8, 4) is 0 Å². The van der Waals surface area contributed by atoms with Crippen molar-refractivity contribution in [3.63, 3.8) is 0 Å². The molecular formula is C38H61N3O. The van der Waals surface area contributed by atoms with Crippen LogP contribution in [-0.4, -0.2) is 18.6 Å². The third-order valence-electron chi connectivity index (χ3n) is 8.87. The number of unbranched alkanes of at least 4 members (excludes halogenated alkanes) is 15. The van der Waals surface area contributed by atoms with Gasteiger partial charge in [0.05, 0.1) is 0 Å². The molecule has 1 aliphatic rings. The van der Waals surface area contributed by atoms with Crippen LogP contribution in [0.3, 0.4) is 0 Å². The number of anilines is 2. The molecule has 3 rings (SSSR count). The maximum absolute atomic E-state index is 12.3. The number of amides is 2. The second-order valence-corrected chi connectivity index (χ2v) is 12.7. The number of carbonyl (C=O) groups excluding carboxylic acids is 1. The second kappa shape index (κ2) is 22.1. The fourth-order valence-corrected chi connectivity index (χ4v) is 6.19. The third kappa shape index (κ3) is 15.7. The van der Waals surface area contributed by atoms with Crippen LogP contribution in [0.15, 0.2) is 48.5 Å². The highest BCUT2D eigenvalue weighted by Crippen LogP contribution is 2.22. The number of hydrogen-bond acceptors (Lipinski definition) is 2. The molecule has 1 aliphatic carbocycles. The first-order chi connectivity index (χ1) is 20.7. The Balaban J connectivity index is 1.14. The molecule has 2 amide bonds. The van der Waals surface area contributed by atoms with Gasteiger partial charge in [-0.25, -0.2) is 4.79 Å². The molecule has 0 bridgehead atoms. The lowest BCUT2D eigenvalue weighted by Gasteiger charge is -2.23. The monoisotopic (exact) mass is 575 g/mol. The van der Waals surface area contributed by atoms with Gasteiger partial charge in [-0.3, -0.25) is 0 Å². The highest BCUT2D eigenvalue weighted by molar-refractivity contribution is 5.89. The average molecular weight is 576 g/mol. The average Bonchev–Trinajstić information content (AvgIpc) is 3.01. The van der Waals surface area contributed by atoms with Crippen LogP contribution in [0.25, 0.3) is 0 Å². The molecule has 0 atom stereocenters. The van der Waals surface area contributed by atoms with E-state index < -0.39 is 0 Å². The van der Waals surface area contributed by atoms with Gasteiger partial charge < -0.3 is 16.0 Å². The Bertz CT molecular complexity index is 934. The van der Waals surface area contributed by atoms with Gasteiger partial charge in [-0.2, -0.15) is 0 Å². The standard InChI is InChI=1S/C38H61N3O/c1-2-3-4-5-6-7-8-9-10-11-12-13-14-15-16-20-31-39-38(42)41-37-29-25-34(26-30-37)32-33-23-27-36(28-24-33)40-35-21-18-17-19-22-35/h23-30,35,40H,2-22,31-32H2,1H3,(H2,39,41,42). The molecule has 0 saturated heterocycles. The van der Waals surface area contributed by atoms with Crippen molar-refractivity contribution in [3.05, 3.63) is 59.7 Å². The molecule has 0 unspecified atom stereocenters. The van der Waals surface area contributed by atoms with Gasteiger partial charge in [-0.15, -0.1) is 0 Å². The Morgan fingerprint density at radius 3 is 1.55 bits per heavy atom. The van der Waals surface area contributed by atoms with Crippen LogP contribution in [0.2, 0.25) is 0 Å². The summed E-state index contributed by atoms with van der Waals surface area (Å²) in [5.41, 5.74) is 4.63. The van der Waals surface area contributed by atoms with E-state index in [0.717, 1.165) is 25.1 Å². The third-order valence-corrected chi connectivity index (χ3v) is 8.87. The van der Waals surface area contributed by atoms with Gasteiger partial charge >= 0.3 is 6.03 Å². The summed E-state index contributed by atoms with van der Waals surface area (Å²) in [6.45, 7) is 3.03. The zero-order chi connectivity index (χ0) is 29.5. The lowest BCUT2D eigenvalue weighted by atomic mass is 9.95. The Hall–Kier alpha value is -2.49. The highest BCUT2D eigenvalue weighted by Gasteiger charge is 2.12. The minimum absolute atomic E-state index is 0.107. The van der Waals surface area contributed by atoms with Gasteiger partial charge in [0.1, 0.15) is 0 Å². The number of rotatable bonds is 22. The number of nitrogens with one attached hydrogen (secondary N) is 3. The van der Waals surface area contributed by atoms with E-state index in [4.69, 9.17) is 0 Å². The SMILES string of the molecule is CCCCCCCCCCCCCCCCCCNC(=O)Nc1ccc(Cc2ccc(NC3CCCCC3)cc2)cc1. The molecule has 0 aromatic heterocycles. The number of benzene rings is 2. The van der Waals surface area contributed by atoms with Crippen LogP contribution in [0.5, 0.6) is 0 Å². The van der Waals surface area contributed by atoms with Crippen LogP contribution < -0.4 is 16.0 Å². The van der Waals surface area contributed by atoms with E-state index in [1.165, 1.54) is 145 Å². The van der Waals surface area contributed by atoms with E-state index >= 15 is 0 Å². The van der Waals surface area contributed by atoms with Gasteiger partial charge in [-0.05, 0) is 61.1 Å². The Morgan fingerprint density at radius 1 is 0.595 bits per heavy atom. The largest absolute Gasteiger partial charge is 0.382 e. The van der Waals surface area contributed by atoms with Crippen molar-refractivity contribution in [2.45, 2.75) is 154 Å². The zero-order valence-electron chi connectivity index (χ0n) is 26.9. The predicted octanol–water partition coefficient (Wildman–Crippen LogP) is 11.4. The van der Waals surface area contributed by atoms with E-state index in [2.05, 4.69) is 59.3 Å². The molecule has 4 nitrogen and oxygen atoms in total. The van der Waals surface area contributed by atoms with E-state index in [0.29, 0.717) is 6.04 Å². The summed E-state index contributed by atoms with van der Waals surface area (Å²) in [6.07, 6.45) is 29.4. The normalized spacial score (nSPS) is 13.6. The van der Waals surface area contributed by atoms with Crippen LogP contribution in [0.1, 0.15) is 153 Å². The molecule has 1 fully saturated rings. The molecule has 0 aliphatic heterocycles. The van der Waals surface area contributed by atoms with E-state index in [-0.39, 0.29) is 6.03 Å². The number of carbonyl (C=O) groups is 1. The van der Waals surface area contributed by atoms with Crippen molar-refractivity contribution in [1.82, 2.24) is 5.32 Å². The van der Waals surface area contributed by atoms with E-state index in [9.17, 15) is 4.79 Å². The molecule has 0 heterocycles. The number of hydrogen-bond donors (Lipinski definition) is 3. The number of urea groups is 1. The second-order valence-electron chi connectivity index (χ2n) is 12.7. The summed E-state index contributed by atoms with van der Waals surface area (Å²) in [5, 5.41) is 9.69. The molecule has 4 heteroatoms. The molecule has 3 N–H and O–H groups in total. The first-order valence-corrected chi connectivity index (χ1v) is 17.7. The maximum atomic E-state index is 12.3. The summed E-state index contributed by atoms with van der Waals surface area (Å²) < 4.78 is 0. The van der Waals surface area contributed by atoms with Gasteiger partial charge in [-0.1, -0.05) is 147 Å². The molecule has 0 radical (unpaired) electrons. The fourth-order valence-electron chi connectivity index (χ4n) is 6.19. The highest BCUT2D eigenvalue weighted by atomic mass is 16.2. The van der Waals surface area contributed by atoms with Gasteiger partial charge in [0, 0.05) is 24.0 Å². The smallest absolute Gasteiger partial charge is 0.319 e. The molecular weight excluding hydrogens is 514 g/mol. The molecule has 2 aromatic carbocycles. The molecule has 0 spiro atoms. The zero-order valence-corrected chi connectivity index (χ0v) is 26.9. The predicted molar refractivity (Wildman–Crippen MR) is 183 cm³/mol. The van der Waals surface area contributed by atoms with E-state index in [1.54, 1.807) is 0 Å². The Kier molecular flexibility index (Phi) is 17.9. The summed E-state index contributed by atoms with van der Waals surface area (Å²) in [5.74, 6) is 0. The van der Waals surface area contributed by atoms with Crippen molar-refractivity contribution in [2.75, 3.05) is 17.2 Å². The van der Waals surface area contributed by atoms with Gasteiger partial charge in [0.25, 0.3) is 0 Å². The Morgan fingerprint density at radius 2 is 1.05 bits per heavy atom. The van der Waals surface area contributed by atoms with E-state index in [1.807, 2.05) is 12.1 Å². The van der Waals surface area contributed by atoms with Crippen molar-refractivity contribution < 1.29 is 4.79 Å². The van der Waals surface area contributed by atoms with Crippen LogP contribution in [0.4, 0.5) is 16.2 Å². The summed E-state index contributed by atoms with van der Waals surface area (Å²) in [7, 11) is 0. The summed E-state index contributed by atoms with van der Waals surface area (Å²) in [6, 6.07) is 17.6. The minimum Gasteiger partial charge on any atom is -0.382 e. The quantitative estimate of drug-likeness (QED) is 0.122. The molecule has 42 heavy (non-hydrogen) atoms. The van der Waals surface area contributed by atoms with Crippen LogP contribution in [-0.2, 0) is 6.42 Å². The summed E-state index contributed by atoms with van der Waals surface area (Å²) >= 11 is 0. The first kappa shape index (κ1) is 34.0. The van der Waals surface area contributed by atoms with Crippen molar-refractivity contribution in [2.24, 2.45) is 0 Å². The van der Waals surface area contributed by atoms with Crippen molar-refractivity contribution in [1.29, 1.82) is 0 Å². The first-order valence-electron chi connectivity index (χ1n) is 17.7. The molecule has 1 saturated carbocycles. The maximum Gasteiger partial charge on any atom is 0.319 e. The lowest BCUT2D eigenvalue weighted by Crippen LogP contribution is -2.29. The fraction of sp³-hybridized carbons (Fsp3) is 0.658. The van der Waals surface area contributed by atoms with Crippen molar-refractivity contribution >= 4 is 17.4 Å². The van der Waals surface area contributed by atoms with Crippen LogP contribution in [0, 0.1) is 0 Å². The van der Waals surface area contributed by atoms with Crippen LogP contribution >= 0.6 is 0 Å². The van der Waals surface area contributed by atoms with Gasteiger partial charge in [0.2, 0.25) is 0 Å². The minimum atomic E-state index is -0.107.